The highest BCUT2D eigenvalue weighted by Crippen LogP contribution is 2.32. The molecular formula is C50H68Cl2N12O7Si2. The first-order chi connectivity index (χ1) is 34.2. The first-order valence-electron chi connectivity index (χ1n) is 24.0. The minimum atomic E-state index is -1.23. The van der Waals surface area contributed by atoms with Gasteiger partial charge in [0.25, 0.3) is 5.91 Å². The fraction of sp³-hybridized carbons (Fsp3) is 0.440. The van der Waals surface area contributed by atoms with E-state index in [1.165, 1.54) is 6.20 Å². The van der Waals surface area contributed by atoms with E-state index < -0.39 is 34.3 Å². The van der Waals surface area contributed by atoms with Gasteiger partial charge in [0.05, 0.1) is 47.2 Å². The number of benzene rings is 2. The molecule has 0 aliphatic rings. The Morgan fingerprint density at radius 2 is 1.11 bits per heavy atom. The van der Waals surface area contributed by atoms with Crippen LogP contribution in [0.1, 0.15) is 48.4 Å². The third-order valence-electron chi connectivity index (χ3n) is 12.0. The monoisotopic (exact) mass is 1070 g/mol. The van der Waals surface area contributed by atoms with Crippen LogP contribution in [0.25, 0.3) is 66.9 Å². The van der Waals surface area contributed by atoms with Crippen LogP contribution >= 0.6 is 23.2 Å². The summed E-state index contributed by atoms with van der Waals surface area (Å²) < 4.78 is 18.7. The van der Waals surface area contributed by atoms with Crippen molar-refractivity contribution >= 4 is 95.4 Å². The number of aliphatic hydroxyl groups is 2. The van der Waals surface area contributed by atoms with Crippen LogP contribution in [-0.4, -0.2) is 129 Å². The van der Waals surface area contributed by atoms with Crippen molar-refractivity contribution in [1.29, 1.82) is 0 Å². The molecule has 23 heteroatoms. The first kappa shape index (κ1) is 56.7. The van der Waals surface area contributed by atoms with Gasteiger partial charge in [-0.1, -0.05) is 62.5 Å². The molecule has 0 saturated heterocycles. The zero-order valence-electron chi connectivity index (χ0n) is 43.6. The lowest BCUT2D eigenvalue weighted by Crippen LogP contribution is -2.39. The standard InChI is InChI=1S/C25H33ClN6O3Si.C21H24ClN5O3Si.C4H11NO/c1-15(16(2)33)28-25(34)19-13-32(14-35-9-10-36(4,5)6)24-23(19)29-20(12-27-24)22-18-8-7-17(26)11-21(18)31(3)30-22;1-26-17-9-13(22)5-6-14(17)18(25-26)16-10-23-20-19(24-16)15(21(28)29)11-27(20)12-30-7-8-31(2,3)4;1-3(5)4(2)6/h7-8,11-13,15-16,33H,9-10,14H2,1-6H3,(H,28,34);5-6,9-11H,7-8,12H2,1-4H3,(H,28,29);3-4,6H,5H2,1-2H3/t15-,16-;;3-,4-/m0.0/s1. The quantitative estimate of drug-likeness (QED) is 0.0422. The SMILES string of the molecule is C[C@H](N)[C@H](C)O.C[C@H](O)[C@H](C)NC(=O)c1cn(COCC[Si](C)(C)C)c2ncc(-c3nn(C)c4cc(Cl)ccc34)nc12.Cn1nc(-c2cnc3c(n2)c(C(=O)O)cn3COCC[Si](C)(C)C)c2ccc(Cl)cc21. The molecule has 6 N–H and O–H groups in total. The largest absolute Gasteiger partial charge is 0.478 e. The van der Waals surface area contributed by atoms with Crippen molar-refractivity contribution in [2.45, 2.75) is 117 Å². The molecular weight excluding hydrogens is 1010 g/mol. The van der Waals surface area contributed by atoms with Crippen molar-refractivity contribution < 1.29 is 34.4 Å². The van der Waals surface area contributed by atoms with Gasteiger partial charge < -0.3 is 45.0 Å². The van der Waals surface area contributed by atoms with Gasteiger partial charge in [-0.3, -0.25) is 14.2 Å². The van der Waals surface area contributed by atoms with Crippen LogP contribution in [0.2, 0.25) is 61.4 Å². The minimum Gasteiger partial charge on any atom is -0.478 e. The summed E-state index contributed by atoms with van der Waals surface area (Å²) in [7, 11) is 1.24. The Hall–Kier alpha value is -5.63. The molecule has 0 aliphatic carbocycles. The molecule has 4 atom stereocenters. The number of aromatic nitrogens is 10. The van der Waals surface area contributed by atoms with E-state index in [2.05, 4.69) is 69.7 Å². The molecule has 0 unspecified atom stereocenters. The smallest absolute Gasteiger partial charge is 0.339 e. The fourth-order valence-electron chi connectivity index (χ4n) is 7.18. The van der Waals surface area contributed by atoms with Gasteiger partial charge in [-0.15, -0.1) is 0 Å². The molecule has 1 amide bonds. The van der Waals surface area contributed by atoms with Crippen molar-refractivity contribution in [2.75, 3.05) is 13.2 Å². The summed E-state index contributed by atoms with van der Waals surface area (Å²) >= 11 is 12.3. The van der Waals surface area contributed by atoms with Gasteiger partial charge in [-0.2, -0.15) is 10.2 Å². The minimum absolute atomic E-state index is 0.0847. The Kier molecular flexibility index (Phi) is 18.4. The van der Waals surface area contributed by atoms with E-state index in [1.807, 2.05) is 44.4 Å². The summed E-state index contributed by atoms with van der Waals surface area (Å²) in [6.45, 7) is 22.4. The molecule has 8 aromatic rings. The summed E-state index contributed by atoms with van der Waals surface area (Å²) in [5.74, 6) is -1.40. The normalized spacial score (nSPS) is 13.7. The van der Waals surface area contributed by atoms with Crippen molar-refractivity contribution in [3.63, 3.8) is 0 Å². The van der Waals surface area contributed by atoms with E-state index in [0.29, 0.717) is 73.9 Å². The molecule has 19 nitrogen and oxygen atoms in total. The third kappa shape index (κ3) is 14.4. The number of fused-ring (bicyclic) bond motifs is 4. The van der Waals surface area contributed by atoms with Crippen LogP contribution in [0.4, 0.5) is 0 Å². The number of ether oxygens (including phenoxy) is 2. The molecule has 392 valence electrons. The molecule has 0 radical (unpaired) electrons. The molecule has 73 heavy (non-hydrogen) atoms. The fourth-order valence-corrected chi connectivity index (χ4v) is 9.02. The molecule has 2 aromatic carbocycles. The summed E-state index contributed by atoms with van der Waals surface area (Å²) in [5.41, 5.74) is 11.5. The van der Waals surface area contributed by atoms with Crippen LogP contribution in [0.15, 0.2) is 61.2 Å². The van der Waals surface area contributed by atoms with E-state index in [4.69, 9.17) is 48.5 Å². The van der Waals surface area contributed by atoms with Crippen molar-refractivity contribution in [2.24, 2.45) is 19.8 Å². The Morgan fingerprint density at radius 3 is 1.49 bits per heavy atom. The lowest BCUT2D eigenvalue weighted by molar-refractivity contribution is 0.0695. The second-order valence-corrected chi connectivity index (χ2v) is 32.9. The van der Waals surface area contributed by atoms with Crippen LogP contribution in [0.3, 0.4) is 0 Å². The van der Waals surface area contributed by atoms with E-state index in [0.717, 1.165) is 33.9 Å². The predicted octanol–water partition coefficient (Wildman–Crippen LogP) is 8.81. The number of rotatable bonds is 17. The number of aryl methyl sites for hydroxylation is 2. The van der Waals surface area contributed by atoms with Gasteiger partial charge in [0.2, 0.25) is 0 Å². The Morgan fingerprint density at radius 1 is 0.699 bits per heavy atom. The number of aliphatic hydroxyl groups excluding tert-OH is 2. The molecule has 0 spiro atoms. The van der Waals surface area contributed by atoms with Crippen molar-refractivity contribution in [3.8, 4) is 22.8 Å². The van der Waals surface area contributed by atoms with Crippen LogP contribution in [0.5, 0.6) is 0 Å². The van der Waals surface area contributed by atoms with Crippen molar-refractivity contribution in [3.05, 3.63) is 82.4 Å². The van der Waals surface area contributed by atoms with Crippen LogP contribution < -0.4 is 11.1 Å². The Labute approximate surface area is 436 Å². The second kappa shape index (κ2) is 23.7. The number of carboxylic acid groups (broad SMARTS) is 1. The highest BCUT2D eigenvalue weighted by Gasteiger charge is 2.24. The zero-order valence-corrected chi connectivity index (χ0v) is 47.1. The molecule has 0 saturated carbocycles. The number of nitrogens with zero attached hydrogens (tertiary/aromatic N) is 10. The number of hydrogen-bond acceptors (Lipinski definition) is 13. The van der Waals surface area contributed by atoms with E-state index >= 15 is 0 Å². The van der Waals surface area contributed by atoms with Crippen LogP contribution in [-0.2, 0) is 37.0 Å². The first-order valence-corrected chi connectivity index (χ1v) is 32.2. The molecule has 0 fully saturated rings. The Bertz CT molecular complexity index is 3220. The number of carbonyl (C=O) groups is 2. The number of hydrogen-bond donors (Lipinski definition) is 5. The number of nitrogens with one attached hydrogen (secondary N) is 1. The number of carboxylic acids is 1. The maximum atomic E-state index is 13.2. The number of nitrogens with two attached hydrogens (primary N) is 1. The second-order valence-electron chi connectivity index (χ2n) is 20.8. The number of halogens is 2. The molecule has 6 aromatic heterocycles. The summed E-state index contributed by atoms with van der Waals surface area (Å²) in [5, 5.41) is 43.1. The van der Waals surface area contributed by atoms with E-state index in [9.17, 15) is 19.8 Å². The van der Waals surface area contributed by atoms with Crippen molar-refractivity contribution in [1.82, 2.24) is 53.9 Å². The molecule has 8 rings (SSSR count). The number of aromatic carboxylic acids is 1. The lowest BCUT2D eigenvalue weighted by Gasteiger charge is -2.16. The van der Waals surface area contributed by atoms with E-state index in [1.54, 1.807) is 70.8 Å². The summed E-state index contributed by atoms with van der Waals surface area (Å²) in [6.07, 6.45) is 5.45. The van der Waals surface area contributed by atoms with Gasteiger partial charge in [-0.05, 0) is 76.2 Å². The third-order valence-corrected chi connectivity index (χ3v) is 15.9. The number of amides is 1. The van der Waals surface area contributed by atoms with Gasteiger partial charge in [0.1, 0.15) is 52.8 Å². The highest BCUT2D eigenvalue weighted by atomic mass is 35.5. The van der Waals surface area contributed by atoms with Gasteiger partial charge in [0.15, 0.2) is 11.3 Å². The lowest BCUT2D eigenvalue weighted by atomic mass is 10.1. The Balaban J connectivity index is 0.000000216. The van der Waals surface area contributed by atoms with E-state index in [-0.39, 0.29) is 37.1 Å². The van der Waals surface area contributed by atoms with Gasteiger partial charge >= 0.3 is 5.97 Å². The number of carbonyl (C=O) groups excluding carboxylic acids is 1. The van der Waals surface area contributed by atoms with Gasteiger partial charge in [-0.25, -0.2) is 24.7 Å². The maximum absolute atomic E-state index is 13.2. The molecule has 6 heterocycles. The molecule has 0 bridgehead atoms. The zero-order chi connectivity index (χ0) is 53.7. The predicted molar refractivity (Wildman–Crippen MR) is 294 cm³/mol. The average Bonchev–Trinajstić information content (AvgIpc) is 4.06. The van der Waals surface area contributed by atoms with Crippen LogP contribution in [0, 0.1) is 0 Å². The van der Waals surface area contributed by atoms with Gasteiger partial charge in [0, 0.05) is 82.7 Å². The summed E-state index contributed by atoms with van der Waals surface area (Å²) in [6, 6.07) is 12.6. The molecule has 0 aliphatic heterocycles. The topological polar surface area (TPSA) is 248 Å². The highest BCUT2D eigenvalue weighted by molar-refractivity contribution is 6.76. The summed E-state index contributed by atoms with van der Waals surface area (Å²) in [4.78, 5) is 43.6. The average molecular weight is 1080 g/mol. The maximum Gasteiger partial charge on any atom is 0.339 e.